The SMILES string of the molecule is CCCCCNC(=O)NCCNS(=O)(=O)c1cc(C)ccc1C. The maximum atomic E-state index is 12.3. The zero-order chi connectivity index (χ0) is 17.3. The Kier molecular flexibility index (Phi) is 8.05. The molecule has 0 aliphatic heterocycles. The molecule has 0 saturated heterocycles. The minimum atomic E-state index is -3.56. The van der Waals surface area contributed by atoms with Crippen LogP contribution >= 0.6 is 0 Å². The van der Waals surface area contributed by atoms with Crippen molar-refractivity contribution in [1.29, 1.82) is 0 Å². The maximum absolute atomic E-state index is 12.3. The summed E-state index contributed by atoms with van der Waals surface area (Å²) < 4.78 is 27.0. The highest BCUT2D eigenvalue weighted by Crippen LogP contribution is 2.16. The Morgan fingerprint density at radius 3 is 2.43 bits per heavy atom. The summed E-state index contributed by atoms with van der Waals surface area (Å²) in [5, 5.41) is 5.37. The highest BCUT2D eigenvalue weighted by Gasteiger charge is 2.16. The zero-order valence-electron chi connectivity index (χ0n) is 14.1. The Balaban J connectivity index is 2.37. The lowest BCUT2D eigenvalue weighted by Gasteiger charge is -2.11. The number of amides is 2. The van der Waals surface area contributed by atoms with Crippen LogP contribution in [-0.4, -0.2) is 34.1 Å². The van der Waals surface area contributed by atoms with Gasteiger partial charge >= 0.3 is 6.03 Å². The van der Waals surface area contributed by atoms with Crippen molar-refractivity contribution in [2.45, 2.75) is 44.9 Å². The van der Waals surface area contributed by atoms with Crippen molar-refractivity contribution in [3.63, 3.8) is 0 Å². The summed E-state index contributed by atoms with van der Waals surface area (Å²) in [5.74, 6) is 0. The molecule has 0 bridgehead atoms. The van der Waals surface area contributed by atoms with E-state index in [2.05, 4.69) is 22.3 Å². The maximum Gasteiger partial charge on any atom is 0.314 e. The van der Waals surface area contributed by atoms with Gasteiger partial charge in [0, 0.05) is 19.6 Å². The molecule has 7 heteroatoms. The number of aryl methyl sites for hydroxylation is 2. The Hall–Kier alpha value is -1.60. The number of hydrogen-bond donors (Lipinski definition) is 3. The third-order valence-electron chi connectivity index (χ3n) is 3.40. The van der Waals surface area contributed by atoms with Gasteiger partial charge in [-0.05, 0) is 37.5 Å². The van der Waals surface area contributed by atoms with Crippen LogP contribution in [0.5, 0.6) is 0 Å². The average molecular weight is 341 g/mol. The first-order valence-electron chi connectivity index (χ1n) is 7.95. The van der Waals surface area contributed by atoms with Gasteiger partial charge in [0.15, 0.2) is 0 Å². The molecule has 0 aromatic heterocycles. The number of carbonyl (C=O) groups excluding carboxylic acids is 1. The van der Waals surface area contributed by atoms with E-state index in [0.717, 1.165) is 24.8 Å². The monoisotopic (exact) mass is 341 g/mol. The lowest BCUT2D eigenvalue weighted by molar-refractivity contribution is 0.241. The van der Waals surface area contributed by atoms with E-state index in [1.165, 1.54) is 0 Å². The van der Waals surface area contributed by atoms with Gasteiger partial charge in [0.25, 0.3) is 0 Å². The fourth-order valence-corrected chi connectivity index (χ4v) is 3.43. The number of unbranched alkanes of at least 4 members (excludes halogenated alkanes) is 2. The average Bonchev–Trinajstić information content (AvgIpc) is 2.50. The molecule has 1 rings (SSSR count). The highest BCUT2D eigenvalue weighted by molar-refractivity contribution is 7.89. The second kappa shape index (κ2) is 9.52. The van der Waals surface area contributed by atoms with Crippen molar-refractivity contribution in [3.8, 4) is 0 Å². The number of nitrogens with one attached hydrogen (secondary N) is 3. The van der Waals surface area contributed by atoms with E-state index in [1.54, 1.807) is 19.1 Å². The number of hydrogen-bond acceptors (Lipinski definition) is 3. The summed E-state index contributed by atoms with van der Waals surface area (Å²) in [6, 6.07) is 5.03. The first-order valence-corrected chi connectivity index (χ1v) is 9.43. The second-order valence-corrected chi connectivity index (χ2v) is 7.29. The normalized spacial score (nSPS) is 11.3. The molecule has 0 aliphatic rings. The summed E-state index contributed by atoms with van der Waals surface area (Å²) >= 11 is 0. The van der Waals surface area contributed by atoms with Crippen LogP contribution in [0.1, 0.15) is 37.3 Å². The number of urea groups is 1. The largest absolute Gasteiger partial charge is 0.338 e. The van der Waals surface area contributed by atoms with Crippen LogP contribution in [0.3, 0.4) is 0 Å². The van der Waals surface area contributed by atoms with Crippen molar-refractivity contribution >= 4 is 16.1 Å². The molecule has 23 heavy (non-hydrogen) atoms. The van der Waals surface area contributed by atoms with Crippen LogP contribution in [0, 0.1) is 13.8 Å². The zero-order valence-corrected chi connectivity index (χ0v) is 14.9. The van der Waals surface area contributed by atoms with Crippen molar-refractivity contribution in [1.82, 2.24) is 15.4 Å². The Morgan fingerprint density at radius 2 is 1.74 bits per heavy atom. The predicted octanol–water partition coefficient (Wildman–Crippen LogP) is 2.07. The van der Waals surface area contributed by atoms with Crippen LogP contribution in [-0.2, 0) is 10.0 Å². The fourth-order valence-electron chi connectivity index (χ4n) is 2.08. The van der Waals surface area contributed by atoms with E-state index in [4.69, 9.17) is 0 Å². The number of rotatable bonds is 9. The molecule has 0 saturated carbocycles. The smallest absolute Gasteiger partial charge is 0.314 e. The van der Waals surface area contributed by atoms with E-state index in [9.17, 15) is 13.2 Å². The van der Waals surface area contributed by atoms with E-state index >= 15 is 0 Å². The summed E-state index contributed by atoms with van der Waals surface area (Å²) in [7, 11) is -3.56. The van der Waals surface area contributed by atoms with Gasteiger partial charge in [-0.1, -0.05) is 31.9 Å². The molecule has 1 aromatic rings. The minimum Gasteiger partial charge on any atom is -0.338 e. The lowest BCUT2D eigenvalue weighted by Crippen LogP contribution is -2.40. The van der Waals surface area contributed by atoms with E-state index in [0.29, 0.717) is 12.1 Å². The molecule has 0 aliphatic carbocycles. The molecule has 0 unspecified atom stereocenters. The molecular weight excluding hydrogens is 314 g/mol. The van der Waals surface area contributed by atoms with Crippen molar-refractivity contribution in [3.05, 3.63) is 29.3 Å². The van der Waals surface area contributed by atoms with Crippen LogP contribution in [0.15, 0.2) is 23.1 Å². The van der Waals surface area contributed by atoms with Crippen LogP contribution < -0.4 is 15.4 Å². The topological polar surface area (TPSA) is 87.3 Å². The number of benzene rings is 1. The second-order valence-electron chi connectivity index (χ2n) is 5.56. The molecule has 6 nitrogen and oxygen atoms in total. The first kappa shape index (κ1) is 19.4. The number of carbonyl (C=O) groups is 1. The van der Waals surface area contributed by atoms with E-state index in [1.807, 2.05) is 13.0 Å². The van der Waals surface area contributed by atoms with Crippen molar-refractivity contribution in [2.24, 2.45) is 0 Å². The third-order valence-corrected chi connectivity index (χ3v) is 5.00. The third kappa shape index (κ3) is 7.00. The molecule has 3 N–H and O–H groups in total. The molecule has 0 radical (unpaired) electrons. The lowest BCUT2D eigenvalue weighted by atomic mass is 10.2. The summed E-state index contributed by atoms with van der Waals surface area (Å²) in [4.78, 5) is 11.8. The van der Waals surface area contributed by atoms with Crippen molar-refractivity contribution < 1.29 is 13.2 Å². The predicted molar refractivity (Wildman–Crippen MR) is 92.0 cm³/mol. The van der Waals surface area contributed by atoms with Gasteiger partial charge < -0.3 is 10.6 Å². The molecule has 1 aromatic carbocycles. The molecule has 0 spiro atoms. The molecule has 0 atom stereocenters. The van der Waals surface area contributed by atoms with Crippen LogP contribution in [0.2, 0.25) is 0 Å². The molecule has 0 heterocycles. The fraction of sp³-hybridized carbons (Fsp3) is 0.562. The van der Waals surface area contributed by atoms with Gasteiger partial charge in [0.2, 0.25) is 10.0 Å². The highest BCUT2D eigenvalue weighted by atomic mass is 32.2. The molecule has 2 amide bonds. The van der Waals surface area contributed by atoms with Gasteiger partial charge in [-0.15, -0.1) is 0 Å². The van der Waals surface area contributed by atoms with Gasteiger partial charge in [0.1, 0.15) is 0 Å². The number of sulfonamides is 1. The first-order chi connectivity index (χ1) is 10.9. The van der Waals surface area contributed by atoms with Gasteiger partial charge in [0.05, 0.1) is 4.90 Å². The summed E-state index contributed by atoms with van der Waals surface area (Å²) in [5.41, 5.74) is 1.59. The van der Waals surface area contributed by atoms with E-state index in [-0.39, 0.29) is 24.0 Å². The van der Waals surface area contributed by atoms with Gasteiger partial charge in [-0.2, -0.15) is 0 Å². The summed E-state index contributed by atoms with van der Waals surface area (Å²) in [6.07, 6.45) is 3.13. The van der Waals surface area contributed by atoms with E-state index < -0.39 is 10.0 Å². The minimum absolute atomic E-state index is 0.151. The van der Waals surface area contributed by atoms with Gasteiger partial charge in [-0.3, -0.25) is 0 Å². The quantitative estimate of drug-likeness (QED) is 0.601. The Labute approximate surface area is 139 Å². The van der Waals surface area contributed by atoms with Gasteiger partial charge in [-0.25, -0.2) is 17.9 Å². The van der Waals surface area contributed by atoms with Crippen molar-refractivity contribution in [2.75, 3.05) is 19.6 Å². The summed E-state index contributed by atoms with van der Waals surface area (Å²) in [6.45, 7) is 6.73. The molecule has 0 fully saturated rings. The Bertz CT molecular complexity index is 615. The standard InChI is InChI=1S/C16H27N3O3S/c1-4-5-6-9-17-16(20)18-10-11-19-23(21,22)15-12-13(2)7-8-14(15)3/h7-8,12,19H,4-6,9-11H2,1-3H3,(H2,17,18,20). The van der Waals surface area contributed by atoms with Crippen LogP contribution in [0.4, 0.5) is 4.79 Å². The van der Waals surface area contributed by atoms with Crippen LogP contribution in [0.25, 0.3) is 0 Å². The molecular formula is C16H27N3O3S. The Morgan fingerprint density at radius 1 is 1.04 bits per heavy atom. The molecule has 130 valence electrons.